The van der Waals surface area contributed by atoms with Gasteiger partial charge in [0.15, 0.2) is 0 Å². The standard InChI is InChI=1S/C30H42NOP.Au.ClH/c1-2-4-28(27(3-1)31-5-7-32-8-6-31)33(29-15-21-9-22(16-29)11-23(10-21)17-29)30-18-24-12-25(19-30)14-26(13-24)20-30;;/h1-4,21-26H,5-20H2;;1H/q;+1;. The Balaban J connectivity index is 0.00000103. The molecule has 8 aliphatic carbocycles. The van der Waals surface area contributed by atoms with Crippen molar-refractivity contribution < 1.29 is 24.7 Å². The number of para-hydroxylation sites is 1. The fourth-order valence-corrected chi connectivity index (χ4v) is 17.7. The molecule has 1 aliphatic heterocycles. The van der Waals surface area contributed by atoms with Crippen LogP contribution >= 0.6 is 17.1 Å². The number of hydrogen-bond acceptors (Lipinski definition) is 2. The molecule has 0 N–H and O–H groups in total. The third-order valence-corrected chi connectivity index (χ3v) is 16.0. The summed E-state index contributed by atoms with van der Waals surface area (Å²) in [6.07, 6.45) is 19.1. The van der Waals surface area contributed by atoms with Crippen molar-refractivity contribution in [1.29, 1.82) is 0 Å². The smallest absolute Gasteiger partial charge is 0.116 e. The van der Waals surface area contributed by atoms with Gasteiger partial charge < -0.3 is 9.64 Å². The van der Waals surface area contributed by atoms with Gasteiger partial charge in [0.05, 0.1) is 29.2 Å². The molecule has 0 atom stereocenters. The van der Waals surface area contributed by atoms with E-state index in [0.717, 1.165) is 61.8 Å². The minimum Gasteiger partial charge on any atom is -0.378 e. The molecule has 0 aromatic heterocycles. The Morgan fingerprint density at radius 3 is 1.51 bits per heavy atom. The Morgan fingerprint density at radius 2 is 1.09 bits per heavy atom. The first kappa shape index (κ1) is 24.5. The summed E-state index contributed by atoms with van der Waals surface area (Å²) >= 11 is 1.75. The van der Waals surface area contributed by atoms with E-state index >= 15 is 0 Å². The summed E-state index contributed by atoms with van der Waals surface area (Å²) in [6.45, 7) is 4.00. The van der Waals surface area contributed by atoms with Crippen molar-refractivity contribution in [3.63, 3.8) is 0 Å². The van der Waals surface area contributed by atoms with E-state index in [0.29, 0.717) is 10.3 Å². The normalized spacial score (nSPS) is 45.9. The van der Waals surface area contributed by atoms with Crippen molar-refractivity contribution in [2.45, 2.75) is 87.4 Å². The Kier molecular flexibility index (Phi) is 6.69. The van der Waals surface area contributed by atoms with Crippen LogP contribution in [0.4, 0.5) is 5.69 Å². The molecule has 0 spiro atoms. The zero-order chi connectivity index (χ0) is 23.6. The molecule has 0 amide bonds. The van der Waals surface area contributed by atoms with Crippen molar-refractivity contribution >= 4 is 28.1 Å². The van der Waals surface area contributed by atoms with Gasteiger partial charge in [-0.2, -0.15) is 0 Å². The molecule has 0 radical (unpaired) electrons. The summed E-state index contributed by atoms with van der Waals surface area (Å²) in [6, 6.07) is 9.95. The van der Waals surface area contributed by atoms with Crippen LogP contribution in [0.15, 0.2) is 24.3 Å². The summed E-state index contributed by atoms with van der Waals surface area (Å²) in [5, 5.41) is 3.29. The Hall–Kier alpha value is 0.440. The molecule has 1 aromatic carbocycles. The molecule has 9 aliphatic rings. The van der Waals surface area contributed by atoms with Gasteiger partial charge in [-0.3, -0.25) is 0 Å². The molecule has 10 rings (SSSR count). The van der Waals surface area contributed by atoms with Gasteiger partial charge in [-0.1, -0.05) is 12.1 Å². The van der Waals surface area contributed by atoms with E-state index in [1.165, 1.54) is 0 Å². The summed E-state index contributed by atoms with van der Waals surface area (Å²) in [4.78, 5) is 2.73. The fraction of sp³-hybridized carbons (Fsp3) is 0.800. The van der Waals surface area contributed by atoms with E-state index in [2.05, 4.69) is 38.4 Å². The maximum absolute atomic E-state index is 5.79. The Bertz CT molecular complexity index is 818. The molecule has 8 saturated carbocycles. The first-order valence-electron chi connectivity index (χ1n) is 14.6. The predicted octanol–water partition coefficient (Wildman–Crippen LogP) is 6.99. The molecule has 9 fully saturated rings. The second kappa shape index (κ2) is 9.57. The zero-order valence-electron chi connectivity index (χ0n) is 21.1. The average Bonchev–Trinajstić information content (AvgIpc) is 2.84. The maximum atomic E-state index is 5.79. The van der Waals surface area contributed by atoms with Gasteiger partial charge in [0.2, 0.25) is 0 Å². The number of ether oxygens (including phenoxy) is 1. The number of anilines is 1. The topological polar surface area (TPSA) is 12.5 Å². The van der Waals surface area contributed by atoms with Crippen LogP contribution in [-0.2, 0) is 24.7 Å². The van der Waals surface area contributed by atoms with Gasteiger partial charge in [-0.05, 0) is 125 Å². The maximum Gasteiger partial charge on any atom is 0.116 e. The Morgan fingerprint density at radius 1 is 0.686 bits per heavy atom. The number of rotatable bonds is 4. The van der Waals surface area contributed by atoms with Gasteiger partial charge in [0.1, 0.15) is 5.30 Å². The first-order valence-corrected chi connectivity index (χ1v) is 18.8. The SMILES string of the molecule is [Cl][Au].c1ccc([PH+](C23CC4CC(CC(C4)C2)C3)C23CC4CC(CC(C4)C2)C3)c(N2CCOCC2)c1. The van der Waals surface area contributed by atoms with E-state index in [1.54, 1.807) is 103 Å². The fourth-order valence-electron chi connectivity index (χ4n) is 11.7. The summed E-state index contributed by atoms with van der Waals surface area (Å²) in [7, 11) is 3.91. The minimum atomic E-state index is -0.671. The number of morpholine rings is 1. The van der Waals surface area contributed by atoms with Gasteiger partial charge >= 0.3 is 29.2 Å². The van der Waals surface area contributed by atoms with Crippen molar-refractivity contribution in [1.82, 2.24) is 0 Å². The van der Waals surface area contributed by atoms with Gasteiger partial charge in [0, 0.05) is 21.0 Å². The van der Waals surface area contributed by atoms with E-state index < -0.39 is 7.92 Å². The second-order valence-electron chi connectivity index (χ2n) is 13.9. The van der Waals surface area contributed by atoms with Crippen LogP contribution in [0.3, 0.4) is 0 Å². The Labute approximate surface area is 230 Å². The summed E-state index contributed by atoms with van der Waals surface area (Å²) < 4.78 is 5.79. The largest absolute Gasteiger partial charge is 0.378 e. The summed E-state index contributed by atoms with van der Waals surface area (Å²) in [5.41, 5.74) is 1.64. The molecule has 35 heavy (non-hydrogen) atoms. The van der Waals surface area contributed by atoms with Crippen LogP contribution in [0.1, 0.15) is 77.0 Å². The molecule has 196 valence electrons. The van der Waals surface area contributed by atoms with Crippen LogP contribution in [0.5, 0.6) is 0 Å². The predicted molar refractivity (Wildman–Crippen MR) is 145 cm³/mol. The van der Waals surface area contributed by atoms with Crippen molar-refractivity contribution in [3.8, 4) is 0 Å². The monoisotopic (exact) mass is 696 g/mol. The molecule has 1 aromatic rings. The van der Waals surface area contributed by atoms with Crippen LogP contribution in [-0.4, -0.2) is 36.6 Å². The second-order valence-corrected chi connectivity index (χ2v) is 17.3. The van der Waals surface area contributed by atoms with E-state index in [1.807, 2.05) is 5.30 Å². The molecule has 1 heterocycles. The molecular formula is C30H43AuClNOP+. The van der Waals surface area contributed by atoms with Crippen molar-refractivity contribution in [2.24, 2.45) is 35.5 Å². The number of hydrogen-bond donors (Lipinski definition) is 0. The zero-order valence-corrected chi connectivity index (χ0v) is 25.0. The van der Waals surface area contributed by atoms with Crippen molar-refractivity contribution in [3.05, 3.63) is 24.3 Å². The number of halogens is 1. The molecule has 5 heteroatoms. The quantitative estimate of drug-likeness (QED) is 0.249. The minimum absolute atomic E-state index is 0.671. The number of nitrogens with zero attached hydrogens (tertiary/aromatic N) is 1. The molecule has 1 saturated heterocycles. The van der Waals surface area contributed by atoms with Gasteiger partial charge in [-0.25, -0.2) is 0 Å². The third kappa shape index (κ3) is 4.15. The van der Waals surface area contributed by atoms with Crippen LogP contribution in [0, 0.1) is 35.5 Å². The number of benzene rings is 1. The molecule has 2 nitrogen and oxygen atoms in total. The van der Waals surface area contributed by atoms with Crippen molar-refractivity contribution in [2.75, 3.05) is 31.2 Å². The van der Waals surface area contributed by atoms with E-state index in [9.17, 15) is 0 Å². The van der Waals surface area contributed by atoms with Crippen LogP contribution in [0.25, 0.3) is 0 Å². The van der Waals surface area contributed by atoms with E-state index in [-0.39, 0.29) is 0 Å². The molecule has 0 unspecified atom stereocenters. The third-order valence-electron chi connectivity index (χ3n) is 11.7. The molecular weight excluding hydrogens is 654 g/mol. The van der Waals surface area contributed by atoms with Gasteiger partial charge in [-0.15, -0.1) is 0 Å². The van der Waals surface area contributed by atoms with Crippen LogP contribution in [0.2, 0.25) is 0 Å². The summed E-state index contributed by atoms with van der Waals surface area (Å²) in [5.74, 6) is 6.42. The van der Waals surface area contributed by atoms with Gasteiger partial charge in [0.25, 0.3) is 0 Å². The van der Waals surface area contributed by atoms with Crippen LogP contribution < -0.4 is 10.2 Å². The average molecular weight is 697 g/mol. The van der Waals surface area contributed by atoms with E-state index in [4.69, 9.17) is 4.74 Å². The molecule has 8 bridgehead atoms. The first-order chi connectivity index (χ1) is 17.2.